The van der Waals surface area contributed by atoms with Crippen LogP contribution in [0.4, 0.5) is 23.7 Å². The molecule has 20 heavy (non-hydrogen) atoms. The van der Waals surface area contributed by atoms with Crippen molar-refractivity contribution in [3.63, 3.8) is 0 Å². The van der Waals surface area contributed by atoms with E-state index in [1.54, 1.807) is 0 Å². The highest BCUT2D eigenvalue weighted by Gasteiger charge is 2.26. The number of carbonyl (C=O) groups is 2. The fourth-order valence-corrected chi connectivity index (χ4v) is 1.58. The van der Waals surface area contributed by atoms with Gasteiger partial charge < -0.3 is 15.7 Å². The first-order chi connectivity index (χ1) is 9.19. The molecule has 1 rings (SSSR count). The number of anilines is 1. The second-order valence-electron chi connectivity index (χ2n) is 3.75. The molecule has 0 saturated carbocycles. The van der Waals surface area contributed by atoms with Gasteiger partial charge in [0.15, 0.2) is 0 Å². The van der Waals surface area contributed by atoms with E-state index in [1.807, 2.05) is 5.32 Å². The van der Waals surface area contributed by atoms with Gasteiger partial charge in [-0.15, -0.1) is 0 Å². The minimum Gasteiger partial charge on any atom is -0.478 e. The van der Waals surface area contributed by atoms with E-state index in [2.05, 4.69) is 21.2 Å². The minimum atomic E-state index is -4.35. The molecule has 9 heteroatoms. The van der Waals surface area contributed by atoms with Crippen LogP contribution in [0.3, 0.4) is 0 Å². The van der Waals surface area contributed by atoms with Crippen molar-refractivity contribution in [2.75, 3.05) is 11.9 Å². The summed E-state index contributed by atoms with van der Waals surface area (Å²) in [6.07, 6.45) is -5.49. The van der Waals surface area contributed by atoms with Gasteiger partial charge >= 0.3 is 18.2 Å². The average Bonchev–Trinajstić information content (AvgIpc) is 2.30. The number of hydrogen-bond acceptors (Lipinski definition) is 2. The molecular weight excluding hydrogens is 345 g/mol. The number of carboxylic acids is 1. The molecule has 0 aliphatic rings. The van der Waals surface area contributed by atoms with E-state index in [1.165, 1.54) is 18.2 Å². The number of carboxylic acid groups (broad SMARTS) is 1. The Labute approximate surface area is 120 Å². The molecule has 110 valence electrons. The highest BCUT2D eigenvalue weighted by molar-refractivity contribution is 9.10. The zero-order valence-electron chi connectivity index (χ0n) is 9.92. The summed E-state index contributed by atoms with van der Waals surface area (Å²) < 4.78 is 36.1. The van der Waals surface area contributed by atoms with Gasteiger partial charge in [-0.25, -0.2) is 9.59 Å². The third kappa shape index (κ3) is 5.47. The maximum absolute atomic E-state index is 11.9. The van der Waals surface area contributed by atoms with Gasteiger partial charge in [-0.3, -0.25) is 0 Å². The van der Waals surface area contributed by atoms with E-state index in [4.69, 9.17) is 5.11 Å². The van der Waals surface area contributed by atoms with E-state index >= 15 is 0 Å². The van der Waals surface area contributed by atoms with Crippen LogP contribution in [0.15, 0.2) is 22.7 Å². The quantitative estimate of drug-likeness (QED) is 0.776. The molecule has 0 unspecified atom stereocenters. The number of amides is 2. The van der Waals surface area contributed by atoms with Gasteiger partial charge in [0, 0.05) is 11.0 Å². The van der Waals surface area contributed by atoms with Crippen LogP contribution in [0.5, 0.6) is 0 Å². The predicted molar refractivity (Wildman–Crippen MR) is 68.8 cm³/mol. The Bertz CT molecular complexity index is 520. The van der Waals surface area contributed by atoms with Crippen molar-refractivity contribution in [3.05, 3.63) is 28.2 Å². The van der Waals surface area contributed by atoms with Crippen molar-refractivity contribution in [1.29, 1.82) is 0 Å². The van der Waals surface area contributed by atoms with Gasteiger partial charge in [-0.05, 0) is 34.1 Å². The molecule has 2 amide bonds. The van der Waals surface area contributed by atoms with E-state index < -0.39 is 31.1 Å². The number of rotatable bonds is 4. The number of alkyl halides is 3. The number of halogens is 4. The van der Waals surface area contributed by atoms with Gasteiger partial charge in [0.05, 0.1) is 17.7 Å². The van der Waals surface area contributed by atoms with E-state index in [-0.39, 0.29) is 11.3 Å². The van der Waals surface area contributed by atoms with Crippen LogP contribution < -0.4 is 10.6 Å². The SMILES string of the molecule is O=C(NCCC(F)(F)F)Nc1cc(C(=O)O)ccc1Br. The monoisotopic (exact) mass is 354 g/mol. The number of hydrogen-bond donors (Lipinski definition) is 3. The van der Waals surface area contributed by atoms with Crippen LogP contribution in [-0.2, 0) is 0 Å². The van der Waals surface area contributed by atoms with Crippen molar-refractivity contribution in [1.82, 2.24) is 5.32 Å². The van der Waals surface area contributed by atoms with Crippen molar-refractivity contribution < 1.29 is 27.9 Å². The molecule has 0 bridgehead atoms. The molecule has 0 heterocycles. The number of carbonyl (C=O) groups excluding carboxylic acids is 1. The summed E-state index contributed by atoms with van der Waals surface area (Å²) in [4.78, 5) is 22.1. The lowest BCUT2D eigenvalue weighted by atomic mass is 10.2. The Morgan fingerprint density at radius 3 is 2.50 bits per heavy atom. The third-order valence-corrected chi connectivity index (χ3v) is 2.85. The van der Waals surface area contributed by atoms with Crippen LogP contribution in [-0.4, -0.2) is 29.8 Å². The van der Waals surface area contributed by atoms with E-state index in [9.17, 15) is 22.8 Å². The Kier molecular flexibility index (Phi) is 5.37. The van der Waals surface area contributed by atoms with Gasteiger partial charge in [0.1, 0.15) is 0 Å². The van der Waals surface area contributed by atoms with Crippen LogP contribution in [0.1, 0.15) is 16.8 Å². The molecule has 0 spiro atoms. The van der Waals surface area contributed by atoms with E-state index in [0.29, 0.717) is 4.47 Å². The average molecular weight is 355 g/mol. The first-order valence-corrected chi connectivity index (χ1v) is 6.13. The van der Waals surface area contributed by atoms with Crippen LogP contribution in [0.25, 0.3) is 0 Å². The normalized spacial score (nSPS) is 11.0. The number of aromatic carboxylic acids is 1. The van der Waals surface area contributed by atoms with Gasteiger partial charge in [0.2, 0.25) is 0 Å². The largest absolute Gasteiger partial charge is 0.478 e. The topological polar surface area (TPSA) is 78.4 Å². The lowest BCUT2D eigenvalue weighted by molar-refractivity contribution is -0.132. The summed E-state index contributed by atoms with van der Waals surface area (Å²) in [7, 11) is 0. The molecule has 0 aliphatic carbocycles. The van der Waals surface area contributed by atoms with Crippen molar-refractivity contribution in [2.45, 2.75) is 12.6 Å². The van der Waals surface area contributed by atoms with Gasteiger partial charge in [-0.1, -0.05) is 0 Å². The van der Waals surface area contributed by atoms with Gasteiger partial charge in [-0.2, -0.15) is 13.2 Å². The zero-order chi connectivity index (χ0) is 15.3. The molecule has 1 aromatic carbocycles. The van der Waals surface area contributed by atoms with Crippen LogP contribution in [0, 0.1) is 0 Å². The van der Waals surface area contributed by atoms with Crippen molar-refractivity contribution >= 4 is 33.6 Å². The fraction of sp³-hybridized carbons (Fsp3) is 0.273. The van der Waals surface area contributed by atoms with Crippen molar-refractivity contribution in [3.8, 4) is 0 Å². The first kappa shape index (κ1) is 16.3. The van der Waals surface area contributed by atoms with Crippen LogP contribution >= 0.6 is 15.9 Å². The molecular formula is C11H10BrF3N2O3. The lowest BCUT2D eigenvalue weighted by Gasteiger charge is -2.11. The summed E-state index contributed by atoms with van der Waals surface area (Å²) in [5.41, 5.74) is 0.0909. The maximum Gasteiger partial charge on any atom is 0.390 e. The van der Waals surface area contributed by atoms with Gasteiger partial charge in [0.25, 0.3) is 0 Å². The highest BCUT2D eigenvalue weighted by atomic mass is 79.9. The summed E-state index contributed by atoms with van der Waals surface area (Å²) in [6.45, 7) is -0.564. The summed E-state index contributed by atoms with van der Waals surface area (Å²) in [5.74, 6) is -1.18. The van der Waals surface area contributed by atoms with Crippen LogP contribution in [0.2, 0.25) is 0 Å². The summed E-state index contributed by atoms with van der Waals surface area (Å²) in [5, 5.41) is 13.1. The Balaban J connectivity index is 2.62. The molecule has 0 aliphatic heterocycles. The first-order valence-electron chi connectivity index (χ1n) is 5.33. The third-order valence-electron chi connectivity index (χ3n) is 2.16. The number of nitrogens with one attached hydrogen (secondary N) is 2. The number of urea groups is 1. The molecule has 1 aromatic rings. The zero-order valence-corrected chi connectivity index (χ0v) is 11.5. The maximum atomic E-state index is 11.9. The standard InChI is InChI=1S/C11H10BrF3N2O3/c12-7-2-1-6(9(18)19)5-8(7)17-10(20)16-4-3-11(13,14)15/h1-2,5H,3-4H2,(H,18,19)(H2,16,17,20). The molecule has 0 atom stereocenters. The fourth-order valence-electron chi connectivity index (χ4n) is 1.24. The minimum absolute atomic E-state index is 0.0567. The molecule has 5 nitrogen and oxygen atoms in total. The lowest BCUT2D eigenvalue weighted by Crippen LogP contribution is -2.32. The Morgan fingerprint density at radius 1 is 1.30 bits per heavy atom. The predicted octanol–water partition coefficient (Wildman–Crippen LogP) is 3.22. The smallest absolute Gasteiger partial charge is 0.390 e. The molecule has 0 fully saturated rings. The second-order valence-corrected chi connectivity index (χ2v) is 4.60. The molecule has 0 radical (unpaired) electrons. The highest BCUT2D eigenvalue weighted by Crippen LogP contribution is 2.23. The summed E-state index contributed by atoms with van der Waals surface area (Å²) >= 11 is 3.09. The molecule has 3 N–H and O–H groups in total. The second kappa shape index (κ2) is 6.60. The Hall–Kier alpha value is -1.77. The summed E-state index contributed by atoms with van der Waals surface area (Å²) in [6, 6.07) is 3.07. The van der Waals surface area contributed by atoms with Crippen molar-refractivity contribution in [2.24, 2.45) is 0 Å². The molecule has 0 saturated heterocycles. The molecule has 0 aromatic heterocycles. The van der Waals surface area contributed by atoms with E-state index in [0.717, 1.165) is 0 Å². The number of benzene rings is 1. The Morgan fingerprint density at radius 2 is 1.95 bits per heavy atom.